The molecule has 0 atom stereocenters. The summed E-state index contributed by atoms with van der Waals surface area (Å²) < 4.78 is 38.4. The molecule has 0 radical (unpaired) electrons. The van der Waals surface area contributed by atoms with Crippen molar-refractivity contribution in [1.82, 2.24) is 9.21 Å². The first kappa shape index (κ1) is 23.0. The van der Waals surface area contributed by atoms with Crippen LogP contribution in [0.3, 0.4) is 0 Å². The van der Waals surface area contributed by atoms with E-state index in [1.54, 1.807) is 54.5 Å². The number of nitrogens with zero attached hydrogens (tertiary/aromatic N) is 4. The highest BCUT2D eigenvalue weighted by atomic mass is 32.2. The van der Waals surface area contributed by atoms with E-state index in [9.17, 15) is 13.2 Å². The fourth-order valence-electron chi connectivity index (χ4n) is 4.07. The molecule has 33 heavy (non-hydrogen) atoms. The zero-order chi connectivity index (χ0) is 23.4. The Hall–Kier alpha value is -3.13. The lowest BCUT2D eigenvalue weighted by atomic mass is 10.1. The summed E-state index contributed by atoms with van der Waals surface area (Å²) in [5.41, 5.74) is 1.62. The number of piperazine rings is 1. The number of hydrogen-bond donors (Lipinski definition) is 0. The Labute approximate surface area is 193 Å². The van der Waals surface area contributed by atoms with Gasteiger partial charge in [0.05, 0.1) is 42.5 Å². The molecule has 0 N–H and O–H groups in total. The summed E-state index contributed by atoms with van der Waals surface area (Å²) in [6, 6.07) is 13.6. The molecule has 0 aromatic heterocycles. The Bertz CT molecular complexity index is 1160. The van der Waals surface area contributed by atoms with E-state index in [4.69, 9.17) is 14.7 Å². The largest absolute Gasteiger partial charge is 0.495 e. The maximum Gasteiger partial charge on any atom is 0.254 e. The second kappa shape index (κ2) is 9.79. The van der Waals surface area contributed by atoms with Gasteiger partial charge in [0, 0.05) is 44.8 Å². The second-order valence-electron chi connectivity index (χ2n) is 7.82. The summed E-state index contributed by atoms with van der Waals surface area (Å²) in [4.78, 5) is 16.9. The Morgan fingerprint density at radius 3 is 2.42 bits per heavy atom. The highest BCUT2D eigenvalue weighted by molar-refractivity contribution is 7.89. The van der Waals surface area contributed by atoms with Crippen LogP contribution in [0.2, 0.25) is 0 Å². The van der Waals surface area contributed by atoms with E-state index in [1.165, 1.54) is 4.31 Å². The minimum Gasteiger partial charge on any atom is -0.495 e. The van der Waals surface area contributed by atoms with Crippen molar-refractivity contribution >= 4 is 21.6 Å². The highest BCUT2D eigenvalue weighted by Gasteiger charge is 2.29. The van der Waals surface area contributed by atoms with E-state index >= 15 is 0 Å². The van der Waals surface area contributed by atoms with Gasteiger partial charge >= 0.3 is 0 Å². The minimum absolute atomic E-state index is 0.123. The Balaban J connectivity index is 1.51. The van der Waals surface area contributed by atoms with Crippen molar-refractivity contribution < 1.29 is 22.7 Å². The number of amides is 1. The summed E-state index contributed by atoms with van der Waals surface area (Å²) in [5.74, 6) is 0.458. The zero-order valence-corrected chi connectivity index (χ0v) is 19.3. The van der Waals surface area contributed by atoms with Gasteiger partial charge in [0.15, 0.2) is 0 Å². The quantitative estimate of drug-likeness (QED) is 0.653. The minimum atomic E-state index is -3.63. The third kappa shape index (κ3) is 4.80. The van der Waals surface area contributed by atoms with Crippen LogP contribution < -0.4 is 9.64 Å². The van der Waals surface area contributed by atoms with Crippen molar-refractivity contribution in [1.29, 1.82) is 5.26 Å². The average molecular weight is 471 g/mol. The molecule has 0 saturated carbocycles. The predicted octanol–water partition coefficient (Wildman–Crippen LogP) is 1.55. The van der Waals surface area contributed by atoms with Crippen LogP contribution in [-0.4, -0.2) is 83.1 Å². The van der Waals surface area contributed by atoms with Gasteiger partial charge in [0.1, 0.15) is 5.75 Å². The molecule has 0 aliphatic carbocycles. The molecule has 0 unspecified atom stereocenters. The number of ether oxygens (including phenoxy) is 2. The molecule has 174 valence electrons. The van der Waals surface area contributed by atoms with Crippen molar-refractivity contribution in [2.75, 3.05) is 64.5 Å². The third-order valence-electron chi connectivity index (χ3n) is 5.90. The van der Waals surface area contributed by atoms with Crippen molar-refractivity contribution in [2.24, 2.45) is 0 Å². The molecular formula is C23H26N4O5S. The smallest absolute Gasteiger partial charge is 0.254 e. The van der Waals surface area contributed by atoms with Crippen LogP contribution in [0.1, 0.15) is 15.9 Å². The number of benzene rings is 2. The molecule has 2 aliphatic rings. The van der Waals surface area contributed by atoms with Gasteiger partial charge in [-0.25, -0.2) is 8.42 Å². The fourth-order valence-corrected chi connectivity index (χ4v) is 5.50. The van der Waals surface area contributed by atoms with Crippen LogP contribution >= 0.6 is 0 Å². The molecule has 2 heterocycles. The predicted molar refractivity (Wildman–Crippen MR) is 122 cm³/mol. The van der Waals surface area contributed by atoms with E-state index < -0.39 is 10.0 Å². The molecule has 2 aromatic carbocycles. The van der Waals surface area contributed by atoms with E-state index in [2.05, 4.69) is 6.07 Å². The molecule has 4 rings (SSSR count). The van der Waals surface area contributed by atoms with Crippen molar-refractivity contribution in [2.45, 2.75) is 4.90 Å². The SMILES string of the molecule is COc1ccc(S(=O)(=O)N2CCOCC2)cc1N1CCN(C(=O)c2cccc(C#N)c2)CC1. The number of morpholine rings is 1. The zero-order valence-electron chi connectivity index (χ0n) is 18.4. The average Bonchev–Trinajstić information content (AvgIpc) is 2.88. The summed E-state index contributed by atoms with van der Waals surface area (Å²) >= 11 is 0. The van der Waals surface area contributed by atoms with Crippen LogP contribution in [0.5, 0.6) is 5.75 Å². The summed E-state index contributed by atoms with van der Waals surface area (Å²) in [5, 5.41) is 9.08. The van der Waals surface area contributed by atoms with Crippen LogP contribution in [0, 0.1) is 11.3 Å². The van der Waals surface area contributed by atoms with E-state index in [-0.39, 0.29) is 10.8 Å². The number of carbonyl (C=O) groups is 1. The summed E-state index contributed by atoms with van der Waals surface area (Å²) in [7, 11) is -2.08. The maximum absolute atomic E-state index is 13.1. The second-order valence-corrected chi connectivity index (χ2v) is 9.76. The normalized spacial score (nSPS) is 17.5. The van der Waals surface area contributed by atoms with Crippen LogP contribution in [0.4, 0.5) is 5.69 Å². The van der Waals surface area contributed by atoms with Gasteiger partial charge in [0.2, 0.25) is 10.0 Å². The first-order chi connectivity index (χ1) is 15.9. The lowest BCUT2D eigenvalue weighted by molar-refractivity contribution is 0.0730. The molecular weight excluding hydrogens is 444 g/mol. The van der Waals surface area contributed by atoms with Gasteiger partial charge in [-0.05, 0) is 36.4 Å². The molecule has 2 aliphatic heterocycles. The van der Waals surface area contributed by atoms with Gasteiger partial charge in [-0.1, -0.05) is 6.07 Å². The Kier molecular flexibility index (Phi) is 6.83. The molecule has 10 heteroatoms. The van der Waals surface area contributed by atoms with Crippen LogP contribution in [0.15, 0.2) is 47.4 Å². The molecule has 0 bridgehead atoms. The van der Waals surface area contributed by atoms with Crippen LogP contribution in [-0.2, 0) is 14.8 Å². The lowest BCUT2D eigenvalue weighted by Gasteiger charge is -2.37. The number of carbonyl (C=O) groups excluding carboxylic acids is 1. The first-order valence-electron chi connectivity index (χ1n) is 10.7. The first-order valence-corrected chi connectivity index (χ1v) is 12.2. The van der Waals surface area contributed by atoms with Crippen molar-refractivity contribution in [3.63, 3.8) is 0 Å². The standard InChI is InChI=1S/C23H26N4O5S/c1-31-22-6-5-20(33(29,30)27-11-13-32-14-12-27)16-21(22)25-7-9-26(10-8-25)23(28)19-4-2-3-18(15-19)17-24/h2-6,15-16H,7-14H2,1H3. The highest BCUT2D eigenvalue weighted by Crippen LogP contribution is 2.33. The molecule has 0 spiro atoms. The maximum atomic E-state index is 13.1. The van der Waals surface area contributed by atoms with Gasteiger partial charge in [-0.3, -0.25) is 4.79 Å². The van der Waals surface area contributed by atoms with E-state index in [0.29, 0.717) is 75.0 Å². The van der Waals surface area contributed by atoms with Crippen LogP contribution in [0.25, 0.3) is 0 Å². The van der Waals surface area contributed by atoms with Gasteiger partial charge in [0.25, 0.3) is 5.91 Å². The summed E-state index contributed by atoms with van der Waals surface area (Å²) in [6.45, 7) is 3.43. The Morgan fingerprint density at radius 2 is 1.76 bits per heavy atom. The number of anilines is 1. The van der Waals surface area contributed by atoms with Gasteiger partial charge in [-0.15, -0.1) is 0 Å². The monoisotopic (exact) mass is 470 g/mol. The van der Waals surface area contributed by atoms with Gasteiger partial charge < -0.3 is 19.3 Å². The molecule has 2 saturated heterocycles. The summed E-state index contributed by atoms with van der Waals surface area (Å²) in [6.07, 6.45) is 0. The van der Waals surface area contributed by atoms with E-state index in [1.807, 2.05) is 4.90 Å². The number of rotatable bonds is 5. The number of sulfonamides is 1. The molecule has 9 nitrogen and oxygen atoms in total. The number of hydrogen-bond acceptors (Lipinski definition) is 7. The Morgan fingerprint density at radius 1 is 1.03 bits per heavy atom. The van der Waals surface area contributed by atoms with E-state index in [0.717, 1.165) is 0 Å². The topological polar surface area (TPSA) is 103 Å². The van der Waals surface area contributed by atoms with Crippen molar-refractivity contribution in [3.8, 4) is 11.8 Å². The third-order valence-corrected chi connectivity index (χ3v) is 7.80. The molecule has 2 aromatic rings. The van der Waals surface area contributed by atoms with Crippen molar-refractivity contribution in [3.05, 3.63) is 53.6 Å². The number of nitriles is 1. The molecule has 1 amide bonds. The van der Waals surface area contributed by atoms with Gasteiger partial charge in [-0.2, -0.15) is 9.57 Å². The fraction of sp³-hybridized carbons (Fsp3) is 0.391. The number of methoxy groups -OCH3 is 1. The lowest BCUT2D eigenvalue weighted by Crippen LogP contribution is -2.49. The molecule has 2 fully saturated rings.